The number of imide groups is 1. The zero-order chi connectivity index (χ0) is 21.8. The van der Waals surface area contributed by atoms with Crippen molar-refractivity contribution in [2.24, 2.45) is 5.92 Å². The van der Waals surface area contributed by atoms with Crippen LogP contribution in [0.4, 0.5) is 0 Å². The molecule has 3 rings (SSSR count). The molecule has 1 aliphatic heterocycles. The number of nitrogens with one attached hydrogen (secondary N) is 2. The lowest BCUT2D eigenvalue weighted by Crippen LogP contribution is -2.50. The minimum atomic E-state index is -0.887. The Bertz CT molecular complexity index is 947. The van der Waals surface area contributed by atoms with Gasteiger partial charge in [-0.3, -0.25) is 24.1 Å². The molecule has 7 heteroatoms. The molecule has 4 amide bonds. The van der Waals surface area contributed by atoms with E-state index in [0.29, 0.717) is 23.1 Å². The van der Waals surface area contributed by atoms with E-state index in [1.54, 1.807) is 55.6 Å². The molecule has 0 aromatic heterocycles. The second kappa shape index (κ2) is 8.90. The fourth-order valence-electron chi connectivity index (χ4n) is 3.49. The summed E-state index contributed by atoms with van der Waals surface area (Å²) in [7, 11) is 1.56. The lowest BCUT2D eigenvalue weighted by molar-refractivity contribution is -0.125. The number of nitrogens with zero attached hydrogens (tertiary/aromatic N) is 1. The largest absolute Gasteiger partial charge is 0.355 e. The number of amides is 4. The number of rotatable bonds is 7. The molecule has 1 atom stereocenters. The third-order valence-electron chi connectivity index (χ3n) is 5.04. The van der Waals surface area contributed by atoms with Gasteiger partial charge in [-0.05, 0) is 42.2 Å². The average molecular weight is 407 g/mol. The third kappa shape index (κ3) is 4.25. The van der Waals surface area contributed by atoms with Crippen LogP contribution in [0.3, 0.4) is 0 Å². The van der Waals surface area contributed by atoms with Gasteiger partial charge in [0, 0.05) is 19.2 Å². The molecule has 0 fully saturated rings. The first-order chi connectivity index (χ1) is 14.3. The molecule has 0 radical (unpaired) electrons. The lowest BCUT2D eigenvalue weighted by atomic mass is 10.0. The molecule has 30 heavy (non-hydrogen) atoms. The van der Waals surface area contributed by atoms with Crippen LogP contribution in [0.1, 0.15) is 56.9 Å². The summed E-state index contributed by atoms with van der Waals surface area (Å²) in [5, 5.41) is 5.38. The van der Waals surface area contributed by atoms with Gasteiger partial charge in [0.2, 0.25) is 5.91 Å². The van der Waals surface area contributed by atoms with E-state index >= 15 is 0 Å². The van der Waals surface area contributed by atoms with E-state index in [9.17, 15) is 19.2 Å². The van der Waals surface area contributed by atoms with E-state index < -0.39 is 17.9 Å². The van der Waals surface area contributed by atoms with Crippen molar-refractivity contribution in [3.8, 4) is 0 Å². The van der Waals surface area contributed by atoms with Crippen LogP contribution >= 0.6 is 0 Å². The SMILES string of the molecule is CNC(=O)c1ccc(CNC(=O)C(CC(C)C)N2C(=O)c3ccccc3C2=O)cc1. The highest BCUT2D eigenvalue weighted by atomic mass is 16.2. The normalized spacial score (nSPS) is 13.9. The Morgan fingerprint density at radius 2 is 1.50 bits per heavy atom. The fourth-order valence-corrected chi connectivity index (χ4v) is 3.49. The first kappa shape index (κ1) is 21.2. The standard InChI is InChI=1S/C23H25N3O4/c1-14(2)12-19(26-22(29)17-6-4-5-7-18(17)23(26)30)21(28)25-13-15-8-10-16(11-9-15)20(27)24-3/h4-11,14,19H,12-13H2,1-3H3,(H,24,27)(H,25,28). The van der Waals surface area contributed by atoms with Crippen LogP contribution in [0.25, 0.3) is 0 Å². The summed E-state index contributed by atoms with van der Waals surface area (Å²) in [6.07, 6.45) is 0.368. The van der Waals surface area contributed by atoms with Gasteiger partial charge in [0.15, 0.2) is 0 Å². The van der Waals surface area contributed by atoms with Gasteiger partial charge in [-0.15, -0.1) is 0 Å². The number of hydrogen-bond donors (Lipinski definition) is 2. The van der Waals surface area contributed by atoms with Crippen molar-refractivity contribution in [3.05, 3.63) is 70.8 Å². The van der Waals surface area contributed by atoms with Crippen LogP contribution in [0.15, 0.2) is 48.5 Å². The van der Waals surface area contributed by atoms with Gasteiger partial charge in [-0.25, -0.2) is 0 Å². The fraction of sp³-hybridized carbons (Fsp3) is 0.304. The summed E-state index contributed by atoms with van der Waals surface area (Å²) in [6, 6.07) is 12.6. The molecule has 156 valence electrons. The Morgan fingerprint density at radius 3 is 2.00 bits per heavy atom. The van der Waals surface area contributed by atoms with E-state index in [1.165, 1.54) is 0 Å². The summed E-state index contributed by atoms with van der Waals surface area (Å²) in [5.41, 5.74) is 1.99. The summed E-state index contributed by atoms with van der Waals surface area (Å²) >= 11 is 0. The maximum absolute atomic E-state index is 13.0. The van der Waals surface area contributed by atoms with Crippen LogP contribution in [0.5, 0.6) is 0 Å². The highest BCUT2D eigenvalue weighted by Crippen LogP contribution is 2.27. The average Bonchev–Trinajstić information content (AvgIpc) is 3.00. The maximum Gasteiger partial charge on any atom is 0.262 e. The predicted molar refractivity (Wildman–Crippen MR) is 112 cm³/mol. The number of carbonyl (C=O) groups is 4. The Hall–Kier alpha value is -3.48. The number of benzene rings is 2. The van der Waals surface area contributed by atoms with Crippen molar-refractivity contribution in [1.82, 2.24) is 15.5 Å². The highest BCUT2D eigenvalue weighted by Gasteiger charge is 2.42. The zero-order valence-corrected chi connectivity index (χ0v) is 17.3. The lowest BCUT2D eigenvalue weighted by Gasteiger charge is -2.26. The molecule has 1 aliphatic rings. The molecular formula is C23H25N3O4. The molecule has 2 N–H and O–H groups in total. The van der Waals surface area contributed by atoms with E-state index in [0.717, 1.165) is 10.5 Å². The minimum Gasteiger partial charge on any atom is -0.355 e. The van der Waals surface area contributed by atoms with Crippen LogP contribution < -0.4 is 10.6 Å². The second-order valence-corrected chi connectivity index (χ2v) is 7.67. The number of carbonyl (C=O) groups excluding carboxylic acids is 4. The Morgan fingerprint density at radius 1 is 0.933 bits per heavy atom. The highest BCUT2D eigenvalue weighted by molar-refractivity contribution is 6.22. The molecule has 0 spiro atoms. The van der Waals surface area contributed by atoms with Crippen molar-refractivity contribution in [3.63, 3.8) is 0 Å². The molecule has 0 aliphatic carbocycles. The predicted octanol–water partition coefficient (Wildman–Crippen LogP) is 2.37. The van der Waals surface area contributed by atoms with Gasteiger partial charge < -0.3 is 10.6 Å². The van der Waals surface area contributed by atoms with Crippen molar-refractivity contribution in [2.75, 3.05) is 7.05 Å². The summed E-state index contributed by atoms with van der Waals surface area (Å²) in [6.45, 7) is 4.11. The van der Waals surface area contributed by atoms with Crippen molar-refractivity contribution in [2.45, 2.75) is 32.9 Å². The Balaban J connectivity index is 1.75. The van der Waals surface area contributed by atoms with E-state index in [2.05, 4.69) is 10.6 Å². The number of fused-ring (bicyclic) bond motifs is 1. The Kier molecular flexibility index (Phi) is 6.30. The van der Waals surface area contributed by atoms with Crippen molar-refractivity contribution < 1.29 is 19.2 Å². The molecule has 0 saturated heterocycles. The van der Waals surface area contributed by atoms with Crippen molar-refractivity contribution in [1.29, 1.82) is 0 Å². The van der Waals surface area contributed by atoms with Crippen LogP contribution in [-0.2, 0) is 11.3 Å². The zero-order valence-electron chi connectivity index (χ0n) is 17.3. The topological polar surface area (TPSA) is 95.6 Å². The number of hydrogen-bond acceptors (Lipinski definition) is 4. The quantitative estimate of drug-likeness (QED) is 0.689. The van der Waals surface area contributed by atoms with Crippen molar-refractivity contribution >= 4 is 23.6 Å². The van der Waals surface area contributed by atoms with E-state index in [-0.39, 0.29) is 24.3 Å². The van der Waals surface area contributed by atoms with Gasteiger partial charge in [0.1, 0.15) is 6.04 Å². The first-order valence-electron chi connectivity index (χ1n) is 9.89. The summed E-state index contributed by atoms with van der Waals surface area (Å²) in [4.78, 5) is 51.3. The van der Waals surface area contributed by atoms with Gasteiger partial charge in [-0.2, -0.15) is 0 Å². The van der Waals surface area contributed by atoms with Crippen LogP contribution in [0.2, 0.25) is 0 Å². The molecular weight excluding hydrogens is 382 g/mol. The van der Waals surface area contributed by atoms with Crippen LogP contribution in [0, 0.1) is 5.92 Å². The smallest absolute Gasteiger partial charge is 0.262 e. The second-order valence-electron chi connectivity index (χ2n) is 7.67. The van der Waals surface area contributed by atoms with E-state index in [4.69, 9.17) is 0 Å². The molecule has 2 aromatic rings. The minimum absolute atomic E-state index is 0.108. The Labute approximate surface area is 175 Å². The van der Waals surface area contributed by atoms with Gasteiger partial charge in [0.05, 0.1) is 11.1 Å². The van der Waals surface area contributed by atoms with E-state index in [1.807, 2.05) is 13.8 Å². The monoisotopic (exact) mass is 407 g/mol. The van der Waals surface area contributed by atoms with Gasteiger partial charge in [0.25, 0.3) is 17.7 Å². The molecule has 1 unspecified atom stereocenters. The first-order valence-corrected chi connectivity index (χ1v) is 9.89. The molecule has 2 aromatic carbocycles. The van der Waals surface area contributed by atoms with Gasteiger partial charge >= 0.3 is 0 Å². The molecule has 1 heterocycles. The third-order valence-corrected chi connectivity index (χ3v) is 5.04. The maximum atomic E-state index is 13.0. The summed E-state index contributed by atoms with van der Waals surface area (Å²) in [5.74, 6) is -1.34. The van der Waals surface area contributed by atoms with Gasteiger partial charge in [-0.1, -0.05) is 38.1 Å². The molecule has 0 saturated carbocycles. The molecule has 7 nitrogen and oxygen atoms in total. The van der Waals surface area contributed by atoms with Crippen LogP contribution in [-0.4, -0.2) is 41.6 Å². The summed E-state index contributed by atoms with van der Waals surface area (Å²) < 4.78 is 0. The molecule has 0 bridgehead atoms.